The van der Waals surface area contributed by atoms with Crippen molar-refractivity contribution in [2.75, 3.05) is 39.3 Å². The summed E-state index contributed by atoms with van der Waals surface area (Å²) in [5, 5.41) is 32.1. The van der Waals surface area contributed by atoms with Gasteiger partial charge in [0, 0.05) is 13.0 Å². The van der Waals surface area contributed by atoms with Crippen LogP contribution in [0.1, 0.15) is 111 Å². The Morgan fingerprint density at radius 1 is 0.878 bits per heavy atom. The number of carbonyl (C=O) groups is 1. The highest BCUT2D eigenvalue weighted by Crippen LogP contribution is 2.68. The number of aliphatic hydroxyl groups is 2. The van der Waals surface area contributed by atoms with Gasteiger partial charge >= 0.3 is 0 Å². The lowest BCUT2D eigenvalue weighted by molar-refractivity contribution is -0.174. The molecule has 238 valence electrons. The zero-order valence-corrected chi connectivity index (χ0v) is 26.6. The fraction of sp³-hybridized carbons (Fsp3) is 0.971. The predicted molar refractivity (Wildman–Crippen MR) is 167 cm³/mol. The van der Waals surface area contributed by atoms with Crippen molar-refractivity contribution in [1.82, 2.24) is 16.0 Å². The average molecular weight is 577 g/mol. The summed E-state index contributed by atoms with van der Waals surface area (Å²) in [4.78, 5) is 12.6. The molecule has 41 heavy (non-hydrogen) atoms. The summed E-state index contributed by atoms with van der Waals surface area (Å²) in [5.74, 6) is 3.65. The van der Waals surface area contributed by atoms with Crippen LogP contribution in [-0.2, 0) is 4.79 Å². The molecule has 0 heterocycles. The largest absolute Gasteiger partial charge is 0.393 e. The number of nitrogens with two attached hydrogens (primary N) is 1. The minimum atomic E-state index is -0.250. The van der Waals surface area contributed by atoms with Crippen molar-refractivity contribution in [3.05, 3.63) is 0 Å². The maximum Gasteiger partial charge on any atom is 0.220 e. The Kier molecular flexibility index (Phi) is 12.4. The van der Waals surface area contributed by atoms with E-state index < -0.39 is 0 Å². The fourth-order valence-electron chi connectivity index (χ4n) is 10.2. The highest BCUT2D eigenvalue weighted by molar-refractivity contribution is 5.75. The highest BCUT2D eigenvalue weighted by Gasteiger charge is 2.63. The van der Waals surface area contributed by atoms with E-state index in [-0.39, 0.29) is 28.9 Å². The van der Waals surface area contributed by atoms with Crippen LogP contribution in [0.4, 0.5) is 0 Å². The second-order valence-corrected chi connectivity index (χ2v) is 15.0. The molecule has 10 atom stereocenters. The molecule has 4 saturated carbocycles. The first-order valence-corrected chi connectivity index (χ1v) is 17.5. The second kappa shape index (κ2) is 15.3. The van der Waals surface area contributed by atoms with Gasteiger partial charge in [-0.1, -0.05) is 20.8 Å². The van der Waals surface area contributed by atoms with Crippen molar-refractivity contribution in [3.8, 4) is 0 Å². The molecule has 7 nitrogen and oxygen atoms in total. The van der Waals surface area contributed by atoms with Gasteiger partial charge in [0.2, 0.25) is 5.91 Å². The van der Waals surface area contributed by atoms with E-state index in [0.717, 1.165) is 84.2 Å². The molecule has 4 aliphatic carbocycles. The van der Waals surface area contributed by atoms with E-state index in [4.69, 9.17) is 5.73 Å². The molecule has 0 radical (unpaired) electrons. The summed E-state index contributed by atoms with van der Waals surface area (Å²) in [7, 11) is 0. The number of amides is 1. The van der Waals surface area contributed by atoms with Crippen molar-refractivity contribution in [3.63, 3.8) is 0 Å². The Bertz CT molecular complexity index is 813. The zero-order valence-electron chi connectivity index (χ0n) is 26.6. The third kappa shape index (κ3) is 7.68. The Morgan fingerprint density at radius 3 is 2.32 bits per heavy atom. The zero-order chi connectivity index (χ0) is 29.5. The Morgan fingerprint density at radius 2 is 1.59 bits per heavy atom. The van der Waals surface area contributed by atoms with Gasteiger partial charge in [0.15, 0.2) is 0 Å². The minimum Gasteiger partial charge on any atom is -0.393 e. The standard InChI is InChI=1S/C34H64N4O3/c1-24(8-13-32(41)38-21-7-20-37-18-5-4-17-36-19-6-16-35)28-11-12-29-27-10-9-25-22-26(39)14-15-33(25,2)30(27)23-31(40)34(28,29)3/h24-31,36-37,39-40H,4-23,35H2,1-3H3,(H,38,41)/t24?,25-,26-,27+,28-,29+,30+,31+,33+,34-/m1/s1. The molecule has 1 unspecified atom stereocenters. The predicted octanol–water partition coefficient (Wildman–Crippen LogP) is 4.21. The van der Waals surface area contributed by atoms with Gasteiger partial charge in [-0.2, -0.15) is 0 Å². The average Bonchev–Trinajstić information content (AvgIpc) is 3.32. The summed E-state index contributed by atoms with van der Waals surface area (Å²) < 4.78 is 0. The van der Waals surface area contributed by atoms with Crippen molar-refractivity contribution >= 4 is 5.91 Å². The van der Waals surface area contributed by atoms with Crippen molar-refractivity contribution in [2.45, 2.75) is 123 Å². The number of hydrogen-bond donors (Lipinski definition) is 6. The normalized spacial score (nSPS) is 39.0. The quantitative estimate of drug-likeness (QED) is 0.153. The lowest BCUT2D eigenvalue weighted by Gasteiger charge is -2.62. The third-order valence-corrected chi connectivity index (χ3v) is 12.7. The van der Waals surface area contributed by atoms with Crippen LogP contribution in [0.2, 0.25) is 0 Å². The van der Waals surface area contributed by atoms with Crippen LogP contribution in [0.5, 0.6) is 0 Å². The van der Waals surface area contributed by atoms with Crippen molar-refractivity contribution in [1.29, 1.82) is 0 Å². The van der Waals surface area contributed by atoms with E-state index in [1.807, 2.05) is 0 Å². The number of rotatable bonds is 16. The van der Waals surface area contributed by atoms with Gasteiger partial charge in [0.1, 0.15) is 0 Å². The molecule has 0 bridgehead atoms. The van der Waals surface area contributed by atoms with Crippen LogP contribution in [0.25, 0.3) is 0 Å². The smallest absolute Gasteiger partial charge is 0.220 e. The van der Waals surface area contributed by atoms with E-state index in [1.54, 1.807) is 0 Å². The number of aliphatic hydroxyl groups excluding tert-OH is 2. The van der Waals surface area contributed by atoms with E-state index in [1.165, 1.54) is 38.5 Å². The minimum absolute atomic E-state index is 0.0271. The van der Waals surface area contributed by atoms with E-state index in [0.29, 0.717) is 41.9 Å². The number of nitrogens with one attached hydrogen (secondary N) is 3. The van der Waals surface area contributed by atoms with Crippen LogP contribution < -0.4 is 21.7 Å². The topological polar surface area (TPSA) is 120 Å². The number of hydrogen-bond acceptors (Lipinski definition) is 6. The summed E-state index contributed by atoms with van der Waals surface area (Å²) in [5.41, 5.74) is 5.76. The molecule has 7 N–H and O–H groups in total. The van der Waals surface area contributed by atoms with Gasteiger partial charge in [-0.25, -0.2) is 0 Å². The van der Waals surface area contributed by atoms with Crippen LogP contribution >= 0.6 is 0 Å². The molecule has 4 fully saturated rings. The number of unbranched alkanes of at least 4 members (excludes halogenated alkanes) is 1. The van der Waals surface area contributed by atoms with Crippen molar-refractivity contribution < 1.29 is 15.0 Å². The molecular formula is C34H64N4O3. The first-order chi connectivity index (χ1) is 19.7. The van der Waals surface area contributed by atoms with Crippen LogP contribution in [0, 0.1) is 46.3 Å². The summed E-state index contributed by atoms with van der Waals surface area (Å²) >= 11 is 0. The van der Waals surface area contributed by atoms with Gasteiger partial charge in [0.05, 0.1) is 12.2 Å². The molecular weight excluding hydrogens is 512 g/mol. The number of carbonyl (C=O) groups excluding carboxylic acids is 1. The van der Waals surface area contributed by atoms with E-state index >= 15 is 0 Å². The highest BCUT2D eigenvalue weighted by atomic mass is 16.3. The Labute approximate surface area is 250 Å². The summed E-state index contributed by atoms with van der Waals surface area (Å²) in [6.45, 7) is 12.8. The molecule has 0 saturated heterocycles. The second-order valence-electron chi connectivity index (χ2n) is 15.0. The third-order valence-electron chi connectivity index (χ3n) is 12.7. The number of fused-ring (bicyclic) bond motifs is 5. The Hall–Kier alpha value is -0.730. The molecule has 7 heteroatoms. The van der Waals surface area contributed by atoms with Gasteiger partial charge in [-0.05, 0) is 163 Å². The van der Waals surface area contributed by atoms with Gasteiger partial charge in [-0.3, -0.25) is 4.79 Å². The summed E-state index contributed by atoms with van der Waals surface area (Å²) in [6, 6.07) is 0. The van der Waals surface area contributed by atoms with Crippen molar-refractivity contribution in [2.24, 2.45) is 52.1 Å². The molecule has 0 aromatic rings. The maximum atomic E-state index is 12.6. The molecule has 1 amide bonds. The Balaban J connectivity index is 1.15. The van der Waals surface area contributed by atoms with Crippen LogP contribution in [0.3, 0.4) is 0 Å². The molecule has 0 aromatic heterocycles. The van der Waals surface area contributed by atoms with Gasteiger partial charge < -0.3 is 31.9 Å². The van der Waals surface area contributed by atoms with E-state index in [2.05, 4.69) is 36.7 Å². The monoisotopic (exact) mass is 576 g/mol. The summed E-state index contributed by atoms with van der Waals surface area (Å²) in [6.07, 6.45) is 14.4. The van der Waals surface area contributed by atoms with Gasteiger partial charge in [0.25, 0.3) is 0 Å². The molecule has 4 rings (SSSR count). The lowest BCUT2D eigenvalue weighted by atomic mass is 9.43. The first kappa shape index (κ1) is 33.2. The van der Waals surface area contributed by atoms with Crippen LogP contribution in [0.15, 0.2) is 0 Å². The maximum absolute atomic E-state index is 12.6. The lowest BCUT2D eigenvalue weighted by Crippen LogP contribution is -2.58. The SMILES string of the molecule is CC(CCC(=O)NCCCNCCCCNCCCN)[C@H]1CC[C@H]2[C@@H]3CC[C@@H]4C[C@H](O)CC[C@]4(C)[C@H]3C[C@H](O)[C@]12C. The molecule has 0 spiro atoms. The fourth-order valence-corrected chi connectivity index (χ4v) is 10.2. The molecule has 0 aliphatic heterocycles. The molecule has 4 aliphatic rings. The first-order valence-electron chi connectivity index (χ1n) is 17.5. The van der Waals surface area contributed by atoms with E-state index in [9.17, 15) is 15.0 Å². The van der Waals surface area contributed by atoms with Gasteiger partial charge in [-0.15, -0.1) is 0 Å². The molecule has 0 aromatic carbocycles. The van der Waals surface area contributed by atoms with Crippen LogP contribution in [-0.4, -0.2) is 67.6 Å².